The fraction of sp³-hybridized carbons (Fsp3) is 0.667. The molecule has 1 heterocycles. The van der Waals surface area contributed by atoms with Crippen LogP contribution in [-0.2, 0) is 11.3 Å². The van der Waals surface area contributed by atoms with E-state index in [2.05, 4.69) is 10.4 Å². The van der Waals surface area contributed by atoms with Crippen LogP contribution in [-0.4, -0.2) is 44.7 Å². The molecule has 0 saturated heterocycles. The summed E-state index contributed by atoms with van der Waals surface area (Å²) in [6.07, 6.45) is 0.436. The number of anilines is 1. The van der Waals surface area contributed by atoms with Gasteiger partial charge in [-0.25, -0.2) is 0 Å². The van der Waals surface area contributed by atoms with Gasteiger partial charge in [0.05, 0.1) is 35.8 Å². The van der Waals surface area contributed by atoms with Gasteiger partial charge >= 0.3 is 0 Å². The van der Waals surface area contributed by atoms with Crippen molar-refractivity contribution in [3.8, 4) is 0 Å². The summed E-state index contributed by atoms with van der Waals surface area (Å²) in [6.45, 7) is 4.72. The molecule has 0 radical (unpaired) electrons. The van der Waals surface area contributed by atoms with Crippen molar-refractivity contribution in [2.75, 3.05) is 18.9 Å². The van der Waals surface area contributed by atoms with Crippen LogP contribution in [0.5, 0.6) is 0 Å². The Labute approximate surface area is 112 Å². The van der Waals surface area contributed by atoms with Gasteiger partial charge in [-0.1, -0.05) is 6.92 Å². The molecule has 1 amide bonds. The molecule has 7 heteroatoms. The maximum atomic E-state index is 11.9. The number of nitrogens with two attached hydrogens (primary N) is 1. The number of hydrogen-bond acceptors (Lipinski definition) is 5. The average molecular weight is 270 g/mol. The van der Waals surface area contributed by atoms with Crippen LogP contribution >= 0.6 is 0 Å². The Morgan fingerprint density at radius 2 is 2.00 bits per heavy atom. The van der Waals surface area contributed by atoms with E-state index < -0.39 is 5.54 Å². The zero-order valence-corrected chi connectivity index (χ0v) is 11.6. The molecular formula is C12H22N4O3. The summed E-state index contributed by atoms with van der Waals surface area (Å²) < 4.78 is 1.51. The number of nitrogen functional groups attached to an aromatic ring is 1. The van der Waals surface area contributed by atoms with Crippen molar-refractivity contribution >= 4 is 11.6 Å². The van der Waals surface area contributed by atoms with E-state index in [-0.39, 0.29) is 25.7 Å². The van der Waals surface area contributed by atoms with Gasteiger partial charge in [0.2, 0.25) is 5.91 Å². The van der Waals surface area contributed by atoms with Crippen molar-refractivity contribution in [1.29, 1.82) is 0 Å². The number of nitrogens with one attached hydrogen (secondary N) is 1. The molecule has 1 aromatic rings. The maximum absolute atomic E-state index is 11.9. The average Bonchev–Trinajstić information content (AvgIpc) is 2.64. The third-order valence-corrected chi connectivity index (χ3v) is 3.42. The summed E-state index contributed by atoms with van der Waals surface area (Å²) in [5, 5.41) is 25.4. The monoisotopic (exact) mass is 270 g/mol. The normalized spacial score (nSPS) is 11.6. The second kappa shape index (κ2) is 6.03. The van der Waals surface area contributed by atoms with E-state index >= 15 is 0 Å². The third-order valence-electron chi connectivity index (χ3n) is 3.42. The summed E-state index contributed by atoms with van der Waals surface area (Å²) in [4.78, 5) is 11.9. The second-order valence-electron chi connectivity index (χ2n) is 4.74. The second-order valence-corrected chi connectivity index (χ2v) is 4.74. The molecule has 1 rings (SSSR count). The fourth-order valence-corrected chi connectivity index (χ4v) is 1.78. The van der Waals surface area contributed by atoms with E-state index in [1.165, 1.54) is 4.68 Å². The van der Waals surface area contributed by atoms with Crippen LogP contribution < -0.4 is 11.1 Å². The number of aliphatic hydroxyl groups excluding tert-OH is 2. The highest BCUT2D eigenvalue weighted by molar-refractivity contribution is 5.77. The first-order chi connectivity index (χ1) is 8.89. The number of aliphatic hydroxyl groups is 2. The zero-order chi connectivity index (χ0) is 14.6. The number of aromatic nitrogens is 2. The lowest BCUT2D eigenvalue weighted by Gasteiger charge is -2.29. The van der Waals surface area contributed by atoms with Crippen LogP contribution in [0.15, 0.2) is 0 Å². The number of hydrogen-bond donors (Lipinski definition) is 4. The topological polar surface area (TPSA) is 113 Å². The van der Waals surface area contributed by atoms with Crippen molar-refractivity contribution < 1.29 is 15.0 Å². The van der Waals surface area contributed by atoms with E-state index in [1.807, 2.05) is 0 Å². The minimum atomic E-state index is -0.987. The number of nitrogens with zero attached hydrogens (tertiary/aromatic N) is 2. The summed E-state index contributed by atoms with van der Waals surface area (Å²) >= 11 is 0. The van der Waals surface area contributed by atoms with Gasteiger partial charge in [0.1, 0.15) is 6.54 Å². The number of carbonyl (C=O) groups is 1. The van der Waals surface area contributed by atoms with E-state index in [9.17, 15) is 15.0 Å². The molecule has 0 aliphatic heterocycles. The number of amides is 1. The van der Waals surface area contributed by atoms with E-state index in [1.54, 1.807) is 20.8 Å². The third kappa shape index (κ3) is 3.24. The number of aryl methyl sites for hydroxylation is 1. The number of carbonyl (C=O) groups excluding carboxylic acids is 1. The van der Waals surface area contributed by atoms with Gasteiger partial charge in [-0.15, -0.1) is 0 Å². The molecule has 108 valence electrons. The van der Waals surface area contributed by atoms with Crippen molar-refractivity contribution in [3.63, 3.8) is 0 Å². The van der Waals surface area contributed by atoms with Crippen LogP contribution in [0.1, 0.15) is 24.7 Å². The molecule has 0 spiro atoms. The molecule has 0 aromatic carbocycles. The standard InChI is InChI=1S/C12H22N4O3/c1-4-12(6-17,7-18)14-10(19)5-16-9(3)11(13)8(2)15-16/h17-18H,4-7,13H2,1-3H3,(H,14,19). The molecule has 0 bridgehead atoms. The van der Waals surface area contributed by atoms with Crippen molar-refractivity contribution in [2.45, 2.75) is 39.3 Å². The number of rotatable bonds is 6. The molecule has 0 unspecified atom stereocenters. The van der Waals surface area contributed by atoms with E-state index in [0.29, 0.717) is 17.8 Å². The predicted molar refractivity (Wildman–Crippen MR) is 71.4 cm³/mol. The first kappa shape index (κ1) is 15.5. The lowest BCUT2D eigenvalue weighted by molar-refractivity contribution is -0.125. The van der Waals surface area contributed by atoms with Gasteiger partial charge in [0, 0.05) is 0 Å². The Bertz CT molecular complexity index is 444. The van der Waals surface area contributed by atoms with Gasteiger partial charge in [-0.2, -0.15) is 5.10 Å². The maximum Gasteiger partial charge on any atom is 0.242 e. The fourth-order valence-electron chi connectivity index (χ4n) is 1.78. The molecular weight excluding hydrogens is 248 g/mol. The molecule has 19 heavy (non-hydrogen) atoms. The summed E-state index contributed by atoms with van der Waals surface area (Å²) in [7, 11) is 0. The van der Waals surface area contributed by atoms with Crippen molar-refractivity contribution in [3.05, 3.63) is 11.4 Å². The lowest BCUT2D eigenvalue weighted by atomic mass is 9.98. The van der Waals surface area contributed by atoms with Gasteiger partial charge in [0.25, 0.3) is 0 Å². The smallest absolute Gasteiger partial charge is 0.242 e. The largest absolute Gasteiger partial charge is 0.396 e. The summed E-state index contributed by atoms with van der Waals surface area (Å²) in [5.74, 6) is -0.324. The van der Waals surface area contributed by atoms with Crippen molar-refractivity contribution in [1.82, 2.24) is 15.1 Å². The van der Waals surface area contributed by atoms with Gasteiger partial charge < -0.3 is 21.3 Å². The molecule has 0 atom stereocenters. The quantitative estimate of drug-likeness (QED) is 0.547. The predicted octanol–water partition coefficient (Wildman–Crippen LogP) is -0.668. The van der Waals surface area contributed by atoms with Gasteiger partial charge in [-0.3, -0.25) is 9.48 Å². The molecule has 0 aliphatic carbocycles. The molecule has 0 saturated carbocycles. The highest BCUT2D eigenvalue weighted by Gasteiger charge is 2.28. The molecule has 0 fully saturated rings. The SMILES string of the molecule is CCC(CO)(CO)NC(=O)Cn1nc(C)c(N)c1C. The first-order valence-corrected chi connectivity index (χ1v) is 6.21. The molecule has 7 nitrogen and oxygen atoms in total. The lowest BCUT2D eigenvalue weighted by Crippen LogP contribution is -2.54. The van der Waals surface area contributed by atoms with Gasteiger partial charge in [-0.05, 0) is 20.3 Å². The summed E-state index contributed by atoms with van der Waals surface area (Å²) in [6, 6.07) is 0. The van der Waals surface area contributed by atoms with Crippen LogP contribution in [0.4, 0.5) is 5.69 Å². The minimum absolute atomic E-state index is 0.00558. The highest BCUT2D eigenvalue weighted by atomic mass is 16.3. The molecule has 0 aliphatic rings. The van der Waals surface area contributed by atoms with Crippen LogP contribution in [0, 0.1) is 13.8 Å². The zero-order valence-electron chi connectivity index (χ0n) is 11.6. The van der Waals surface area contributed by atoms with Crippen molar-refractivity contribution in [2.24, 2.45) is 0 Å². The van der Waals surface area contributed by atoms with Crippen LogP contribution in [0.3, 0.4) is 0 Å². The van der Waals surface area contributed by atoms with E-state index in [4.69, 9.17) is 5.73 Å². The minimum Gasteiger partial charge on any atom is -0.396 e. The Hall–Kier alpha value is -1.60. The van der Waals surface area contributed by atoms with Crippen LogP contribution in [0.2, 0.25) is 0 Å². The summed E-state index contributed by atoms with van der Waals surface area (Å²) in [5.41, 5.74) is 6.77. The van der Waals surface area contributed by atoms with Crippen LogP contribution in [0.25, 0.3) is 0 Å². The Morgan fingerprint density at radius 3 is 2.37 bits per heavy atom. The van der Waals surface area contributed by atoms with Gasteiger partial charge in [0.15, 0.2) is 0 Å². The molecule has 1 aromatic heterocycles. The molecule has 5 N–H and O–H groups in total. The Balaban J connectivity index is 2.77. The Morgan fingerprint density at radius 1 is 1.42 bits per heavy atom. The van der Waals surface area contributed by atoms with E-state index in [0.717, 1.165) is 5.69 Å². The Kier molecular flexibility index (Phi) is 4.90. The highest BCUT2D eigenvalue weighted by Crippen LogP contribution is 2.15. The first-order valence-electron chi connectivity index (χ1n) is 6.21.